The van der Waals surface area contributed by atoms with Gasteiger partial charge in [-0.2, -0.15) is 0 Å². The van der Waals surface area contributed by atoms with E-state index in [0.29, 0.717) is 11.8 Å². The van der Waals surface area contributed by atoms with Crippen LogP contribution in [-0.2, 0) is 9.53 Å². The van der Waals surface area contributed by atoms with Crippen LogP contribution in [0.4, 0.5) is 0 Å². The molecule has 0 radical (unpaired) electrons. The summed E-state index contributed by atoms with van der Waals surface area (Å²) in [5.41, 5.74) is 2.47. The highest BCUT2D eigenvalue weighted by Crippen LogP contribution is 2.57. The SMILES string of the molecule is C=C1CCC[C@]2(C)C[C@H]3OC(=O)[C@@H](CN4CCC(C(=O)c5ccccc5)CC4)[C@H]3C[C@@H]12. The third-order valence-electron chi connectivity index (χ3n) is 8.79. The van der Waals surface area contributed by atoms with Gasteiger partial charge in [0.05, 0.1) is 5.92 Å². The van der Waals surface area contributed by atoms with Crippen LogP contribution in [0.1, 0.15) is 62.2 Å². The van der Waals surface area contributed by atoms with Crippen molar-refractivity contribution in [2.24, 2.45) is 29.1 Å². The zero-order chi connectivity index (χ0) is 21.6. The lowest BCUT2D eigenvalue weighted by Gasteiger charge is -2.50. The third kappa shape index (κ3) is 3.88. The highest BCUT2D eigenvalue weighted by molar-refractivity contribution is 5.97. The molecule has 1 aromatic carbocycles. The van der Waals surface area contributed by atoms with Gasteiger partial charge in [-0.05, 0) is 69.4 Å². The van der Waals surface area contributed by atoms with Gasteiger partial charge in [-0.3, -0.25) is 9.59 Å². The molecule has 4 heteroatoms. The van der Waals surface area contributed by atoms with E-state index < -0.39 is 0 Å². The highest BCUT2D eigenvalue weighted by Gasteiger charge is 2.55. The first-order chi connectivity index (χ1) is 14.9. The molecule has 1 aromatic rings. The Kier molecular flexibility index (Phi) is 5.54. The summed E-state index contributed by atoms with van der Waals surface area (Å²) in [6, 6.07) is 9.64. The molecular weight excluding hydrogens is 386 g/mol. The van der Waals surface area contributed by atoms with E-state index >= 15 is 0 Å². The van der Waals surface area contributed by atoms with Gasteiger partial charge in [0.25, 0.3) is 0 Å². The fourth-order valence-electron chi connectivity index (χ4n) is 6.96. The van der Waals surface area contributed by atoms with Crippen LogP contribution in [0, 0.1) is 29.1 Å². The summed E-state index contributed by atoms with van der Waals surface area (Å²) in [6.45, 7) is 9.34. The van der Waals surface area contributed by atoms with E-state index in [9.17, 15) is 9.59 Å². The number of benzene rings is 1. The van der Waals surface area contributed by atoms with Gasteiger partial charge in [0, 0.05) is 23.9 Å². The number of fused-ring (bicyclic) bond motifs is 2. The Balaban J connectivity index is 1.21. The van der Waals surface area contributed by atoms with E-state index in [4.69, 9.17) is 4.74 Å². The second-order valence-electron chi connectivity index (χ2n) is 10.7. The van der Waals surface area contributed by atoms with Crippen molar-refractivity contribution < 1.29 is 14.3 Å². The second kappa shape index (κ2) is 8.20. The quantitative estimate of drug-likeness (QED) is 0.394. The summed E-state index contributed by atoms with van der Waals surface area (Å²) in [7, 11) is 0. The predicted octanol–water partition coefficient (Wildman–Crippen LogP) is 4.90. The van der Waals surface area contributed by atoms with Crippen molar-refractivity contribution in [2.75, 3.05) is 19.6 Å². The minimum absolute atomic E-state index is 0.00495. The topological polar surface area (TPSA) is 46.6 Å². The van der Waals surface area contributed by atoms with Crippen molar-refractivity contribution in [2.45, 2.75) is 58.0 Å². The van der Waals surface area contributed by atoms with E-state index in [1.54, 1.807) is 0 Å². The molecule has 0 aromatic heterocycles. The number of likely N-dealkylation sites (tertiary alicyclic amines) is 1. The zero-order valence-corrected chi connectivity index (χ0v) is 18.7. The molecule has 0 bridgehead atoms. The summed E-state index contributed by atoms with van der Waals surface area (Å²) in [4.78, 5) is 28.0. The van der Waals surface area contributed by atoms with Crippen molar-refractivity contribution in [3.8, 4) is 0 Å². The number of piperidine rings is 1. The Labute approximate surface area is 186 Å². The lowest BCUT2D eigenvalue weighted by atomic mass is 9.55. The number of rotatable bonds is 4. The standard InChI is InChI=1S/C27H35NO3/c1-18-7-6-12-27(2)16-24-21(15-23(18)27)22(26(30)31-24)17-28-13-10-20(11-14-28)25(29)19-8-4-3-5-9-19/h3-5,8-9,20-24H,1,6-7,10-17H2,2H3/t21-,22+,23+,24-,27-/m1/s1. The maximum absolute atomic E-state index is 12.8. The predicted molar refractivity (Wildman–Crippen MR) is 121 cm³/mol. The van der Waals surface area contributed by atoms with Crippen molar-refractivity contribution in [1.82, 2.24) is 4.90 Å². The molecule has 4 nitrogen and oxygen atoms in total. The molecule has 0 unspecified atom stereocenters. The fraction of sp³-hybridized carbons (Fsp3) is 0.630. The van der Waals surface area contributed by atoms with Crippen molar-refractivity contribution in [1.29, 1.82) is 0 Å². The molecule has 4 aliphatic rings. The number of hydrogen-bond acceptors (Lipinski definition) is 4. The second-order valence-corrected chi connectivity index (χ2v) is 10.7. The van der Waals surface area contributed by atoms with Crippen molar-refractivity contribution in [3.63, 3.8) is 0 Å². The summed E-state index contributed by atoms with van der Waals surface area (Å²) >= 11 is 0. The van der Waals surface area contributed by atoms with E-state index in [1.807, 2.05) is 30.3 Å². The molecule has 4 fully saturated rings. The largest absolute Gasteiger partial charge is 0.462 e. The maximum Gasteiger partial charge on any atom is 0.310 e. The average Bonchev–Trinajstić information content (AvgIpc) is 3.06. The molecule has 0 spiro atoms. The van der Waals surface area contributed by atoms with Crippen LogP contribution in [0.3, 0.4) is 0 Å². The third-order valence-corrected chi connectivity index (χ3v) is 8.79. The first kappa shape index (κ1) is 20.9. The van der Waals surface area contributed by atoms with E-state index in [-0.39, 0.29) is 35.1 Å². The molecule has 2 aliphatic carbocycles. The molecule has 2 saturated heterocycles. The number of ketones is 1. The van der Waals surface area contributed by atoms with Crippen molar-refractivity contribution >= 4 is 11.8 Å². The Bertz CT molecular complexity index is 856. The minimum Gasteiger partial charge on any atom is -0.462 e. The molecule has 2 aliphatic heterocycles. The van der Waals surface area contributed by atoms with Gasteiger partial charge < -0.3 is 9.64 Å². The zero-order valence-electron chi connectivity index (χ0n) is 18.7. The van der Waals surface area contributed by atoms with E-state index in [0.717, 1.165) is 57.3 Å². The van der Waals surface area contributed by atoms with Gasteiger partial charge >= 0.3 is 5.97 Å². The summed E-state index contributed by atoms with van der Waals surface area (Å²) in [5.74, 6) is 1.21. The molecule has 31 heavy (non-hydrogen) atoms. The Hall–Kier alpha value is -1.94. The summed E-state index contributed by atoms with van der Waals surface area (Å²) in [6.07, 6.45) is 7.48. The van der Waals surface area contributed by atoms with Gasteiger partial charge in [-0.25, -0.2) is 0 Å². The van der Waals surface area contributed by atoms with Crippen LogP contribution < -0.4 is 0 Å². The normalized spacial score (nSPS) is 36.5. The maximum atomic E-state index is 12.8. The monoisotopic (exact) mass is 421 g/mol. The molecule has 5 atom stereocenters. The lowest BCUT2D eigenvalue weighted by molar-refractivity contribution is -0.146. The number of ether oxygens (including phenoxy) is 1. The highest BCUT2D eigenvalue weighted by atomic mass is 16.6. The van der Waals surface area contributed by atoms with Crippen molar-refractivity contribution in [3.05, 3.63) is 48.0 Å². The van der Waals surface area contributed by atoms with Gasteiger partial charge in [-0.15, -0.1) is 0 Å². The number of Topliss-reactive ketones (excluding diaryl/α,β-unsaturated/α-hetero) is 1. The number of carbonyl (C=O) groups excluding carboxylic acids is 2. The van der Waals surface area contributed by atoms with Gasteiger partial charge in [0.2, 0.25) is 0 Å². The Morgan fingerprint density at radius 2 is 1.97 bits per heavy atom. The fourth-order valence-corrected chi connectivity index (χ4v) is 6.96. The number of allylic oxidation sites excluding steroid dienone is 1. The van der Waals surface area contributed by atoms with Crippen LogP contribution in [-0.4, -0.2) is 42.4 Å². The van der Waals surface area contributed by atoms with Crippen LogP contribution in [0.25, 0.3) is 0 Å². The number of hydrogen-bond donors (Lipinski definition) is 0. The lowest BCUT2D eigenvalue weighted by Crippen LogP contribution is -2.46. The van der Waals surface area contributed by atoms with Crippen LogP contribution >= 0.6 is 0 Å². The smallest absolute Gasteiger partial charge is 0.310 e. The molecule has 0 amide bonds. The Morgan fingerprint density at radius 3 is 2.71 bits per heavy atom. The molecule has 0 N–H and O–H groups in total. The summed E-state index contributed by atoms with van der Waals surface area (Å²) < 4.78 is 5.94. The van der Waals surface area contributed by atoms with Gasteiger partial charge in [0.15, 0.2) is 5.78 Å². The first-order valence-corrected chi connectivity index (χ1v) is 12.1. The number of esters is 1. The molecular formula is C27H35NO3. The average molecular weight is 422 g/mol. The van der Waals surface area contributed by atoms with E-state index in [2.05, 4.69) is 18.4 Å². The van der Waals surface area contributed by atoms with Gasteiger partial charge in [0.1, 0.15) is 6.10 Å². The molecule has 5 rings (SSSR count). The molecule has 2 saturated carbocycles. The van der Waals surface area contributed by atoms with Crippen LogP contribution in [0.2, 0.25) is 0 Å². The summed E-state index contributed by atoms with van der Waals surface area (Å²) in [5, 5.41) is 0. The Morgan fingerprint density at radius 1 is 1.23 bits per heavy atom. The molecule has 166 valence electrons. The number of nitrogens with zero attached hydrogens (tertiary/aromatic N) is 1. The van der Waals surface area contributed by atoms with Crippen LogP contribution in [0.5, 0.6) is 0 Å². The van der Waals surface area contributed by atoms with Gasteiger partial charge in [-0.1, -0.05) is 49.4 Å². The van der Waals surface area contributed by atoms with E-state index in [1.165, 1.54) is 18.4 Å². The first-order valence-electron chi connectivity index (χ1n) is 12.1. The molecule has 2 heterocycles. The minimum atomic E-state index is -0.0225. The van der Waals surface area contributed by atoms with Crippen LogP contribution in [0.15, 0.2) is 42.5 Å². The number of carbonyl (C=O) groups is 2.